The molecular formula is C13H23N3. The number of pyridine rings is 1. The van der Waals surface area contributed by atoms with E-state index in [9.17, 15) is 0 Å². The summed E-state index contributed by atoms with van der Waals surface area (Å²) >= 11 is 0. The molecule has 1 N–H and O–H groups in total. The Morgan fingerprint density at radius 1 is 1.38 bits per heavy atom. The van der Waals surface area contributed by atoms with Gasteiger partial charge in [-0.3, -0.25) is 0 Å². The molecule has 0 aliphatic rings. The van der Waals surface area contributed by atoms with Crippen LogP contribution in [-0.4, -0.2) is 25.6 Å². The molecule has 0 aromatic carbocycles. The monoisotopic (exact) mass is 221 g/mol. The molecule has 16 heavy (non-hydrogen) atoms. The molecule has 90 valence electrons. The van der Waals surface area contributed by atoms with Crippen LogP contribution in [0.3, 0.4) is 0 Å². The summed E-state index contributed by atoms with van der Waals surface area (Å²) in [5, 5.41) is 3.44. The topological polar surface area (TPSA) is 28.2 Å². The molecule has 1 unspecified atom stereocenters. The smallest absolute Gasteiger partial charge is 0.128 e. The van der Waals surface area contributed by atoms with Crippen molar-refractivity contribution in [1.82, 2.24) is 10.3 Å². The van der Waals surface area contributed by atoms with Gasteiger partial charge in [0.25, 0.3) is 0 Å². The van der Waals surface area contributed by atoms with Gasteiger partial charge >= 0.3 is 0 Å². The lowest BCUT2D eigenvalue weighted by Gasteiger charge is -2.13. The van der Waals surface area contributed by atoms with Gasteiger partial charge in [0, 0.05) is 20.6 Å². The van der Waals surface area contributed by atoms with E-state index in [-0.39, 0.29) is 0 Å². The summed E-state index contributed by atoms with van der Waals surface area (Å²) in [6.07, 6.45) is 1.22. The second-order valence-electron chi connectivity index (χ2n) is 4.53. The normalized spacial score (nSPS) is 12.5. The van der Waals surface area contributed by atoms with Crippen molar-refractivity contribution in [1.29, 1.82) is 0 Å². The van der Waals surface area contributed by atoms with Crippen LogP contribution in [0.1, 0.15) is 26.0 Å². The average Bonchev–Trinajstić information content (AvgIpc) is 2.29. The number of aromatic nitrogens is 1. The van der Waals surface area contributed by atoms with Crippen LogP contribution >= 0.6 is 0 Å². The maximum absolute atomic E-state index is 4.56. The Hall–Kier alpha value is -1.09. The highest BCUT2D eigenvalue weighted by Crippen LogP contribution is 2.07. The molecule has 1 atom stereocenters. The van der Waals surface area contributed by atoms with Crippen LogP contribution < -0.4 is 10.2 Å². The molecule has 3 heteroatoms. The summed E-state index contributed by atoms with van der Waals surface area (Å²) in [5.74, 6) is 1.75. The Kier molecular flexibility index (Phi) is 5.26. The van der Waals surface area contributed by atoms with Gasteiger partial charge in [-0.15, -0.1) is 0 Å². The molecule has 1 heterocycles. The molecule has 0 saturated carbocycles. The zero-order valence-corrected chi connectivity index (χ0v) is 10.8. The molecular weight excluding hydrogens is 198 g/mol. The molecule has 1 rings (SSSR count). The fourth-order valence-electron chi connectivity index (χ4n) is 1.41. The van der Waals surface area contributed by atoms with Gasteiger partial charge in [0.2, 0.25) is 0 Å². The van der Waals surface area contributed by atoms with Crippen LogP contribution in [0.5, 0.6) is 0 Å². The van der Waals surface area contributed by atoms with Crippen molar-refractivity contribution in [2.24, 2.45) is 5.92 Å². The van der Waals surface area contributed by atoms with E-state index in [1.165, 1.54) is 6.42 Å². The first-order valence-electron chi connectivity index (χ1n) is 5.97. The van der Waals surface area contributed by atoms with Crippen molar-refractivity contribution in [2.75, 3.05) is 25.5 Å². The third-order valence-electron chi connectivity index (χ3n) is 2.75. The standard InChI is InChI=1S/C13H23N3/c1-5-11(2)9-14-10-12-7-6-8-13(15-12)16(3)4/h6-8,11,14H,5,9-10H2,1-4H3. The van der Waals surface area contributed by atoms with Crippen molar-refractivity contribution in [3.05, 3.63) is 23.9 Å². The Balaban J connectivity index is 2.45. The van der Waals surface area contributed by atoms with Gasteiger partial charge in [-0.25, -0.2) is 4.98 Å². The van der Waals surface area contributed by atoms with Crippen molar-refractivity contribution >= 4 is 5.82 Å². The van der Waals surface area contributed by atoms with E-state index >= 15 is 0 Å². The van der Waals surface area contributed by atoms with E-state index in [2.05, 4.69) is 36.3 Å². The van der Waals surface area contributed by atoms with E-state index in [4.69, 9.17) is 0 Å². The molecule has 1 aromatic heterocycles. The number of hydrogen-bond donors (Lipinski definition) is 1. The number of hydrogen-bond acceptors (Lipinski definition) is 3. The second-order valence-corrected chi connectivity index (χ2v) is 4.53. The second kappa shape index (κ2) is 6.48. The summed E-state index contributed by atoms with van der Waals surface area (Å²) < 4.78 is 0. The van der Waals surface area contributed by atoms with Crippen LogP contribution in [0.2, 0.25) is 0 Å². The molecule has 0 spiro atoms. The lowest BCUT2D eigenvalue weighted by atomic mass is 10.1. The van der Waals surface area contributed by atoms with E-state index < -0.39 is 0 Å². The van der Waals surface area contributed by atoms with Crippen molar-refractivity contribution < 1.29 is 0 Å². The molecule has 1 aromatic rings. The highest BCUT2D eigenvalue weighted by molar-refractivity contribution is 5.36. The minimum absolute atomic E-state index is 0.733. The summed E-state index contributed by atoms with van der Waals surface area (Å²) in [6, 6.07) is 6.15. The quantitative estimate of drug-likeness (QED) is 0.799. The first-order chi connectivity index (χ1) is 7.63. The zero-order valence-electron chi connectivity index (χ0n) is 10.8. The third-order valence-corrected chi connectivity index (χ3v) is 2.75. The van der Waals surface area contributed by atoms with Gasteiger partial charge in [-0.05, 0) is 24.6 Å². The SMILES string of the molecule is CCC(C)CNCc1cccc(N(C)C)n1. The fourth-order valence-corrected chi connectivity index (χ4v) is 1.41. The van der Waals surface area contributed by atoms with Gasteiger partial charge in [-0.1, -0.05) is 26.3 Å². The Labute approximate surface area is 98.9 Å². The average molecular weight is 221 g/mol. The summed E-state index contributed by atoms with van der Waals surface area (Å²) in [7, 11) is 4.03. The Morgan fingerprint density at radius 3 is 2.75 bits per heavy atom. The van der Waals surface area contributed by atoms with E-state index in [0.29, 0.717) is 0 Å². The first kappa shape index (κ1) is 13.0. The lowest BCUT2D eigenvalue weighted by Crippen LogP contribution is -2.21. The molecule has 0 aliphatic heterocycles. The molecule has 0 bridgehead atoms. The number of anilines is 1. The highest BCUT2D eigenvalue weighted by Gasteiger charge is 2.01. The minimum atomic E-state index is 0.733. The van der Waals surface area contributed by atoms with Crippen molar-refractivity contribution in [3.8, 4) is 0 Å². The van der Waals surface area contributed by atoms with Crippen LogP contribution in [0.25, 0.3) is 0 Å². The lowest BCUT2D eigenvalue weighted by molar-refractivity contribution is 0.497. The van der Waals surface area contributed by atoms with Crippen LogP contribution in [0.15, 0.2) is 18.2 Å². The Morgan fingerprint density at radius 2 is 2.12 bits per heavy atom. The van der Waals surface area contributed by atoms with Gasteiger partial charge in [0.1, 0.15) is 5.82 Å². The zero-order chi connectivity index (χ0) is 12.0. The van der Waals surface area contributed by atoms with E-state index in [1.54, 1.807) is 0 Å². The highest BCUT2D eigenvalue weighted by atomic mass is 15.1. The molecule has 0 amide bonds. The van der Waals surface area contributed by atoms with E-state index in [0.717, 1.165) is 30.5 Å². The van der Waals surface area contributed by atoms with Gasteiger partial charge < -0.3 is 10.2 Å². The fraction of sp³-hybridized carbons (Fsp3) is 0.615. The Bertz CT molecular complexity index is 310. The summed E-state index contributed by atoms with van der Waals surface area (Å²) in [5.41, 5.74) is 1.11. The van der Waals surface area contributed by atoms with Crippen molar-refractivity contribution in [3.63, 3.8) is 0 Å². The molecule has 3 nitrogen and oxygen atoms in total. The maximum atomic E-state index is 4.56. The van der Waals surface area contributed by atoms with Crippen LogP contribution in [0.4, 0.5) is 5.82 Å². The van der Waals surface area contributed by atoms with Gasteiger partial charge in [0.15, 0.2) is 0 Å². The predicted molar refractivity (Wildman–Crippen MR) is 69.7 cm³/mol. The molecule has 0 aliphatic carbocycles. The maximum Gasteiger partial charge on any atom is 0.128 e. The molecule has 0 radical (unpaired) electrons. The van der Waals surface area contributed by atoms with Crippen LogP contribution in [-0.2, 0) is 6.54 Å². The van der Waals surface area contributed by atoms with Crippen molar-refractivity contribution in [2.45, 2.75) is 26.8 Å². The van der Waals surface area contributed by atoms with E-state index in [1.807, 2.05) is 25.1 Å². The number of nitrogens with one attached hydrogen (secondary N) is 1. The first-order valence-corrected chi connectivity index (χ1v) is 5.97. The largest absolute Gasteiger partial charge is 0.363 e. The third kappa shape index (κ3) is 4.19. The van der Waals surface area contributed by atoms with Gasteiger partial charge in [-0.2, -0.15) is 0 Å². The number of nitrogens with zero attached hydrogens (tertiary/aromatic N) is 2. The summed E-state index contributed by atoms with van der Waals surface area (Å²) in [6.45, 7) is 6.39. The number of rotatable bonds is 6. The molecule has 0 saturated heterocycles. The van der Waals surface area contributed by atoms with Crippen LogP contribution in [0, 0.1) is 5.92 Å². The molecule has 0 fully saturated rings. The predicted octanol–water partition coefficient (Wildman–Crippen LogP) is 2.28. The van der Waals surface area contributed by atoms with Gasteiger partial charge in [0.05, 0.1) is 5.69 Å². The minimum Gasteiger partial charge on any atom is -0.363 e. The summed E-state index contributed by atoms with van der Waals surface area (Å²) in [4.78, 5) is 6.58.